The maximum Gasteiger partial charge on any atom is -0.0000000000000851 e. The molecule has 0 N–H and O–H groups in total. The normalized spacial score (nSPS) is 9.60. The molecule has 0 aromatic rings. The van der Waals surface area contributed by atoms with Gasteiger partial charge in [0.1, 0.15) is 0 Å². The number of rotatable bonds is 20. The second-order valence-corrected chi connectivity index (χ2v) is 11.5. The first-order valence-corrected chi connectivity index (χ1v) is 13.7. The van der Waals surface area contributed by atoms with E-state index in [0.717, 1.165) is 0 Å². The molecule has 0 aromatic heterocycles. The molecule has 0 aromatic carbocycles. The Morgan fingerprint density at radius 3 is 0.512 bits per heavy atom. The highest BCUT2D eigenvalue weighted by molar-refractivity contribution is 8.33. The highest BCUT2D eigenvalue weighted by Crippen LogP contribution is 2.19. The Balaban J connectivity index is 8.72. The van der Waals surface area contributed by atoms with Gasteiger partial charge in [-0.25, -0.2) is 0 Å². The van der Waals surface area contributed by atoms with E-state index in [1.54, 1.807) is 0 Å². The smallest absolute Gasteiger partial charge is 0.0000000000000851 e. The third-order valence-corrected chi connectivity index (χ3v) is 8.44. The Bertz CT molecular complexity index is 580. The molecule has 0 heterocycles. The first kappa shape index (κ1) is 45.8. The summed E-state index contributed by atoms with van der Waals surface area (Å²) in [6.07, 6.45) is -21.4. The minimum atomic E-state index is -1.19. The van der Waals surface area contributed by atoms with Crippen molar-refractivity contribution in [3.63, 3.8) is 0 Å². The van der Waals surface area contributed by atoms with Gasteiger partial charge in [0.05, 0.1) is 0 Å². The molecule has 0 unspecified atom stereocenters. The molecule has 0 saturated carbocycles. The molecule has 43 radical (unpaired) electrons. The molecule has 43 heteroatoms. The fourth-order valence-electron chi connectivity index (χ4n) is 6.93. The fraction of sp³-hybridized carbons (Fsp3) is 0. The van der Waals surface area contributed by atoms with Gasteiger partial charge in [-0.05, 0) is 290 Å². The summed E-state index contributed by atoms with van der Waals surface area (Å²) < 4.78 is 0. The zero-order valence-corrected chi connectivity index (χ0v) is 24.2. The van der Waals surface area contributed by atoms with Crippen molar-refractivity contribution in [2.75, 3.05) is 0 Å². The average Bonchev–Trinajstić information content (AvgIpc) is 2.80. The maximum absolute atomic E-state index is 6.86. The molecular formula is H3B43-. The third-order valence-electron chi connectivity index (χ3n) is 8.44. The first-order valence-electron chi connectivity index (χ1n) is 13.7. The third kappa shape index (κ3) is 12.6. The first-order chi connectivity index (χ1) is 19.6. The minimum absolute atomic E-state index is 0.465. The van der Waals surface area contributed by atoms with Crippen LogP contribution in [0.15, 0.2) is 0 Å². The van der Waals surface area contributed by atoms with E-state index >= 15 is 0 Å². The van der Waals surface area contributed by atoms with Crippen LogP contribution in [0.2, 0.25) is 0 Å². The Morgan fingerprint density at radius 2 is 0.372 bits per heavy atom. The second kappa shape index (κ2) is 21.1. The minimum Gasteiger partial charge on any atom is -0.158 e. The summed E-state index contributed by atoms with van der Waals surface area (Å²) in [6.45, 7) is 0. The summed E-state index contributed by atoms with van der Waals surface area (Å²) in [4.78, 5) is 0. The van der Waals surface area contributed by atoms with E-state index in [4.69, 9.17) is 162 Å². The van der Waals surface area contributed by atoms with Crippen LogP contribution >= 0.6 is 0 Å². The Morgan fingerprint density at radius 1 is 0.233 bits per heavy atom. The summed E-state index contributed by atoms with van der Waals surface area (Å²) in [7, 11) is 135. The Kier molecular flexibility index (Phi) is 22.5. The van der Waals surface area contributed by atoms with Crippen molar-refractivity contribution in [3.8, 4) is 0 Å². The van der Waals surface area contributed by atoms with Crippen LogP contribution < -0.4 is 0 Å². The lowest BCUT2D eigenvalue weighted by molar-refractivity contribution is 3.21. The molecule has 43 heavy (non-hydrogen) atoms. The molecule has 0 aliphatic rings. The van der Waals surface area contributed by atoms with Crippen LogP contribution in [-0.4, -0.2) is 305 Å². The molecule has 0 rings (SSSR count). The van der Waals surface area contributed by atoms with Gasteiger partial charge in [0.2, 0.25) is 0 Å². The zero-order valence-electron chi connectivity index (χ0n) is 24.2. The molecule has 0 spiro atoms. The monoisotopic (exact) mass is 476 g/mol. The van der Waals surface area contributed by atoms with E-state index in [9.17, 15) is 0 Å². The van der Waals surface area contributed by atoms with Crippen molar-refractivity contribution >= 4 is 305 Å². The number of hydrogen-bond donors (Lipinski definition) is 0. The predicted molar refractivity (Wildman–Crippen MR) is 252 cm³/mol. The largest absolute Gasteiger partial charge is 0.158 e. The van der Waals surface area contributed by atoms with E-state index in [2.05, 4.69) is 0 Å². The highest BCUT2D eigenvalue weighted by Gasteiger charge is 2.57. The fourth-order valence-corrected chi connectivity index (χ4v) is 6.93. The lowest BCUT2D eigenvalue weighted by Crippen LogP contribution is -2.93. The van der Waals surface area contributed by atoms with E-state index in [-0.39, 0.29) is 0 Å². The molecular weight excluding hydrogens is 465 g/mol. The molecule has 0 atom stereocenters. The molecule has 0 aliphatic heterocycles. The van der Waals surface area contributed by atoms with Crippen LogP contribution in [0.5, 0.6) is 0 Å². The van der Waals surface area contributed by atoms with Crippen LogP contribution in [-0.2, 0) is 0 Å². The van der Waals surface area contributed by atoms with Crippen LogP contribution in [0.25, 0.3) is 0 Å². The van der Waals surface area contributed by atoms with Crippen molar-refractivity contribution in [1.82, 2.24) is 0 Å². The van der Waals surface area contributed by atoms with E-state index in [0.29, 0.717) is 0 Å². The summed E-state index contributed by atoms with van der Waals surface area (Å²) in [6, 6.07) is 0. The van der Waals surface area contributed by atoms with Gasteiger partial charge in [0.25, 0.3) is 0 Å². The Hall–Kier alpha value is 2.79. The SMILES string of the molecule is [B]B([B])B(B([B])[B])B(B([B])[B][BH3-])B(B(B(B([B])[B])B([B])[B])B(B([B])[B])B([B])[B])B(B(B([B])[B])B([B])[B])B(B([B])[B])B([B])[B]. The molecule has 0 amide bonds. The molecule has 0 nitrogen and oxygen atoms in total. The quantitative estimate of drug-likeness (QED) is 0.156. The van der Waals surface area contributed by atoms with Crippen LogP contribution in [0.4, 0.5) is 0 Å². The predicted octanol–water partition coefficient (Wildman–Crippen LogP) is -17.2. The van der Waals surface area contributed by atoms with Crippen LogP contribution in [0.3, 0.4) is 0 Å². The van der Waals surface area contributed by atoms with E-state index in [1.807, 2.05) is 7.06 Å². The molecule has 133 valence electrons. The summed E-state index contributed by atoms with van der Waals surface area (Å²) in [5.41, 5.74) is 0. The van der Waals surface area contributed by atoms with Crippen molar-refractivity contribution in [3.05, 3.63) is 0 Å². The average molecular weight is 468 g/mol. The van der Waals surface area contributed by atoms with Crippen molar-refractivity contribution < 1.29 is 0 Å². The van der Waals surface area contributed by atoms with Crippen molar-refractivity contribution in [2.24, 2.45) is 0 Å². The van der Waals surface area contributed by atoms with Crippen LogP contribution in [0.1, 0.15) is 0 Å². The van der Waals surface area contributed by atoms with Gasteiger partial charge in [-0.1, -0.05) is 7.74 Å². The molecule has 0 fully saturated rings. The van der Waals surface area contributed by atoms with Gasteiger partial charge in [-0.2, -0.15) is 7.06 Å². The lowest BCUT2D eigenvalue weighted by Gasteiger charge is -2.55. The van der Waals surface area contributed by atoms with Crippen molar-refractivity contribution in [1.29, 1.82) is 0 Å². The van der Waals surface area contributed by atoms with Gasteiger partial charge in [0.15, 0.2) is 0 Å². The summed E-state index contributed by atoms with van der Waals surface area (Å²) in [5.74, 6) is 0. The molecule has 0 aliphatic carbocycles. The zero-order chi connectivity index (χ0) is 34.3. The van der Waals surface area contributed by atoms with E-state index in [1.165, 1.54) is 0 Å². The summed E-state index contributed by atoms with van der Waals surface area (Å²) in [5, 5.41) is 0. The van der Waals surface area contributed by atoms with Crippen molar-refractivity contribution in [2.45, 2.75) is 0 Å². The molecule has 0 bridgehead atoms. The van der Waals surface area contributed by atoms with E-state index < -0.39 is 135 Å². The lowest BCUT2D eigenvalue weighted by atomic mass is 8.26. The second-order valence-electron chi connectivity index (χ2n) is 11.5. The standard InChI is InChI=1S/B43H3/c1-23-34(22)40(35(24(2)3)25(4)5)43(41(36(26(6)7)27(8)9)37(28(10)11)29(12)13)42(38(30(14)15)31(16)17)39(32(18)19)33(20)21/h1H3/q-1. The van der Waals surface area contributed by atoms with Gasteiger partial charge >= 0.3 is 0 Å². The maximum atomic E-state index is 6.86. The Labute approximate surface area is 302 Å². The highest BCUT2D eigenvalue weighted by atomic mass is 13.4. The molecule has 0 saturated heterocycles. The summed E-state index contributed by atoms with van der Waals surface area (Å²) >= 11 is 0. The van der Waals surface area contributed by atoms with Crippen LogP contribution in [0, 0.1) is 0 Å². The van der Waals surface area contributed by atoms with Gasteiger partial charge in [0, 0.05) is 0 Å². The topological polar surface area (TPSA) is 0 Å². The number of hydrogen-bond acceptors (Lipinski definition) is 0. The van der Waals surface area contributed by atoms with Gasteiger partial charge < -0.3 is 0 Å². The van der Waals surface area contributed by atoms with Gasteiger partial charge in [-0.15, -0.1) is 0 Å². The van der Waals surface area contributed by atoms with Gasteiger partial charge in [-0.3, -0.25) is 0 Å².